The minimum atomic E-state index is -1.02. The number of hydrogen-bond acceptors (Lipinski definition) is 4. The molecule has 1 atom stereocenters. The molecule has 2 aliphatic rings. The van der Waals surface area contributed by atoms with Gasteiger partial charge in [-0.1, -0.05) is 68.3 Å². The minimum absolute atomic E-state index is 0.00638. The largest absolute Gasteiger partial charge is 0.480 e. The molecule has 0 saturated heterocycles. The van der Waals surface area contributed by atoms with Gasteiger partial charge in [-0.15, -0.1) is 0 Å². The molecule has 0 unspecified atom stereocenters. The van der Waals surface area contributed by atoms with Crippen LogP contribution in [0.1, 0.15) is 62.5 Å². The van der Waals surface area contributed by atoms with Gasteiger partial charge in [-0.3, -0.25) is 4.79 Å². The second-order valence-electron chi connectivity index (χ2n) is 9.46. The number of alkyl carbamates (subject to hydrolysis) is 1. The second kappa shape index (κ2) is 10.3. The SMILES string of the molecule is CCC[C@H](NC(=O)CC1(CNC(=O)OCC2c3ccccc3-c3ccccc32)CCC1)C(=O)O. The lowest BCUT2D eigenvalue weighted by atomic mass is 9.66. The zero-order valence-electron chi connectivity index (χ0n) is 19.5. The maximum absolute atomic E-state index is 12.5. The normalized spacial score (nSPS) is 16.5. The molecule has 2 aromatic carbocycles. The summed E-state index contributed by atoms with van der Waals surface area (Å²) in [6.45, 7) is 2.46. The molecule has 0 bridgehead atoms. The number of ether oxygens (including phenoxy) is 1. The second-order valence-corrected chi connectivity index (χ2v) is 9.46. The summed E-state index contributed by atoms with van der Waals surface area (Å²) in [5, 5.41) is 14.8. The van der Waals surface area contributed by atoms with Gasteiger partial charge in [0.2, 0.25) is 5.91 Å². The average Bonchev–Trinajstić information content (AvgIpc) is 3.12. The number of amides is 2. The highest BCUT2D eigenvalue weighted by Crippen LogP contribution is 2.45. The summed E-state index contributed by atoms with van der Waals surface area (Å²) in [4.78, 5) is 36.4. The molecule has 34 heavy (non-hydrogen) atoms. The van der Waals surface area contributed by atoms with E-state index in [-0.39, 0.29) is 30.3 Å². The van der Waals surface area contributed by atoms with Gasteiger partial charge in [0.25, 0.3) is 0 Å². The highest BCUT2D eigenvalue weighted by atomic mass is 16.5. The van der Waals surface area contributed by atoms with E-state index in [9.17, 15) is 19.5 Å². The van der Waals surface area contributed by atoms with Crippen LogP contribution in [-0.2, 0) is 14.3 Å². The van der Waals surface area contributed by atoms with E-state index in [1.54, 1.807) is 0 Å². The van der Waals surface area contributed by atoms with E-state index >= 15 is 0 Å². The Morgan fingerprint density at radius 1 is 1.06 bits per heavy atom. The third-order valence-corrected chi connectivity index (χ3v) is 7.11. The Balaban J connectivity index is 1.31. The van der Waals surface area contributed by atoms with Gasteiger partial charge >= 0.3 is 12.1 Å². The first kappa shape index (κ1) is 23.8. The smallest absolute Gasteiger partial charge is 0.407 e. The zero-order chi connectivity index (χ0) is 24.1. The molecule has 4 rings (SSSR count). The van der Waals surface area contributed by atoms with E-state index in [0.717, 1.165) is 30.4 Å². The summed E-state index contributed by atoms with van der Waals surface area (Å²) in [6, 6.07) is 15.5. The summed E-state index contributed by atoms with van der Waals surface area (Å²) >= 11 is 0. The van der Waals surface area contributed by atoms with Crippen LogP contribution in [0.5, 0.6) is 0 Å². The Hall–Kier alpha value is -3.35. The lowest BCUT2D eigenvalue weighted by molar-refractivity contribution is -0.142. The number of carboxylic acid groups (broad SMARTS) is 1. The average molecular weight is 465 g/mol. The number of carbonyl (C=O) groups is 3. The van der Waals surface area contributed by atoms with Crippen LogP contribution in [0, 0.1) is 5.41 Å². The van der Waals surface area contributed by atoms with Crippen LogP contribution in [0.2, 0.25) is 0 Å². The van der Waals surface area contributed by atoms with E-state index in [1.165, 1.54) is 11.1 Å². The van der Waals surface area contributed by atoms with Gasteiger partial charge in [0.05, 0.1) is 0 Å². The third-order valence-electron chi connectivity index (χ3n) is 7.11. The van der Waals surface area contributed by atoms with Crippen molar-refractivity contribution in [3.63, 3.8) is 0 Å². The first-order valence-corrected chi connectivity index (χ1v) is 12.0. The van der Waals surface area contributed by atoms with Crippen LogP contribution in [-0.4, -0.2) is 42.3 Å². The van der Waals surface area contributed by atoms with Gasteiger partial charge in [0.1, 0.15) is 12.6 Å². The van der Waals surface area contributed by atoms with Crippen molar-refractivity contribution >= 4 is 18.0 Å². The maximum Gasteiger partial charge on any atom is 0.407 e. The summed E-state index contributed by atoms with van der Waals surface area (Å²) < 4.78 is 5.61. The number of aliphatic carboxylic acids is 1. The number of carbonyl (C=O) groups excluding carboxylic acids is 2. The molecule has 7 nitrogen and oxygen atoms in total. The highest BCUT2D eigenvalue weighted by molar-refractivity contribution is 5.84. The van der Waals surface area contributed by atoms with Crippen LogP contribution in [0.15, 0.2) is 48.5 Å². The van der Waals surface area contributed by atoms with Gasteiger partial charge in [0, 0.05) is 18.9 Å². The molecule has 2 amide bonds. The van der Waals surface area contributed by atoms with Gasteiger partial charge in [-0.25, -0.2) is 9.59 Å². The predicted octanol–water partition coefficient (Wildman–Crippen LogP) is 4.46. The van der Waals surface area contributed by atoms with E-state index in [0.29, 0.717) is 19.4 Å². The lowest BCUT2D eigenvalue weighted by Crippen LogP contribution is -2.48. The molecular weight excluding hydrogens is 432 g/mol. The fourth-order valence-corrected chi connectivity index (χ4v) is 5.13. The molecule has 2 aliphatic carbocycles. The molecule has 1 saturated carbocycles. The predicted molar refractivity (Wildman–Crippen MR) is 128 cm³/mol. The zero-order valence-corrected chi connectivity index (χ0v) is 19.5. The maximum atomic E-state index is 12.5. The molecule has 7 heteroatoms. The van der Waals surface area contributed by atoms with E-state index in [4.69, 9.17) is 4.74 Å². The van der Waals surface area contributed by atoms with Crippen molar-refractivity contribution in [2.75, 3.05) is 13.2 Å². The van der Waals surface area contributed by atoms with Crippen molar-refractivity contribution in [2.24, 2.45) is 5.41 Å². The van der Waals surface area contributed by atoms with Crippen LogP contribution >= 0.6 is 0 Å². The van der Waals surface area contributed by atoms with Crippen LogP contribution < -0.4 is 10.6 Å². The van der Waals surface area contributed by atoms with Crippen LogP contribution in [0.3, 0.4) is 0 Å². The monoisotopic (exact) mass is 464 g/mol. The summed E-state index contributed by atoms with van der Waals surface area (Å²) in [5.41, 5.74) is 4.32. The molecule has 3 N–H and O–H groups in total. The van der Waals surface area contributed by atoms with Gasteiger partial charge < -0.3 is 20.5 Å². The fourth-order valence-electron chi connectivity index (χ4n) is 5.13. The standard InChI is InChI=1S/C27H32N2O5/c1-2-8-23(25(31)32)29-24(30)15-27(13-7-14-27)17-28-26(33)34-16-22-20-11-5-3-9-18(20)19-10-4-6-12-21(19)22/h3-6,9-12,22-23H,2,7-8,13-17H2,1H3,(H,28,33)(H,29,30)(H,31,32)/t23-/m0/s1. The Labute approximate surface area is 199 Å². The molecule has 0 spiro atoms. The molecule has 0 aliphatic heterocycles. The van der Waals surface area contributed by atoms with Gasteiger partial charge in [-0.2, -0.15) is 0 Å². The number of rotatable bonds is 10. The number of hydrogen-bond donors (Lipinski definition) is 3. The van der Waals surface area contributed by atoms with Gasteiger partial charge in [0.15, 0.2) is 0 Å². The Bertz CT molecular complexity index is 1020. The van der Waals surface area contributed by atoms with Crippen molar-refractivity contribution in [3.8, 4) is 11.1 Å². The molecule has 0 radical (unpaired) electrons. The topological polar surface area (TPSA) is 105 Å². The van der Waals surface area contributed by atoms with E-state index in [2.05, 4.69) is 34.9 Å². The number of carboxylic acids is 1. The van der Waals surface area contributed by atoms with Crippen molar-refractivity contribution < 1.29 is 24.2 Å². The van der Waals surface area contributed by atoms with E-state index < -0.39 is 18.1 Å². The molecule has 0 heterocycles. The highest BCUT2D eigenvalue weighted by Gasteiger charge is 2.40. The van der Waals surface area contributed by atoms with Crippen molar-refractivity contribution in [3.05, 3.63) is 59.7 Å². The molecular formula is C27H32N2O5. The third kappa shape index (κ3) is 5.08. The van der Waals surface area contributed by atoms with Gasteiger partial charge in [-0.05, 0) is 46.9 Å². The molecule has 0 aromatic heterocycles. The summed E-state index contributed by atoms with van der Waals surface area (Å²) in [5.74, 6) is -1.31. The Morgan fingerprint density at radius 3 is 2.21 bits per heavy atom. The number of fused-ring (bicyclic) bond motifs is 3. The van der Waals surface area contributed by atoms with E-state index in [1.807, 2.05) is 31.2 Å². The number of nitrogens with one attached hydrogen (secondary N) is 2. The lowest BCUT2D eigenvalue weighted by Gasteiger charge is -2.41. The van der Waals surface area contributed by atoms with Crippen molar-refractivity contribution in [1.82, 2.24) is 10.6 Å². The molecule has 2 aromatic rings. The van der Waals surface area contributed by atoms with Crippen LogP contribution in [0.4, 0.5) is 4.79 Å². The Morgan fingerprint density at radius 2 is 1.68 bits per heavy atom. The summed E-state index contributed by atoms with van der Waals surface area (Å²) in [7, 11) is 0. The number of benzene rings is 2. The first-order chi connectivity index (χ1) is 16.4. The van der Waals surface area contributed by atoms with Crippen molar-refractivity contribution in [1.29, 1.82) is 0 Å². The Kier molecular flexibility index (Phi) is 7.20. The quantitative estimate of drug-likeness (QED) is 0.482. The first-order valence-electron chi connectivity index (χ1n) is 12.0. The van der Waals surface area contributed by atoms with Crippen LogP contribution in [0.25, 0.3) is 11.1 Å². The molecule has 1 fully saturated rings. The minimum Gasteiger partial charge on any atom is -0.480 e. The van der Waals surface area contributed by atoms with Crippen molar-refractivity contribution in [2.45, 2.75) is 57.4 Å². The fraction of sp³-hybridized carbons (Fsp3) is 0.444. The molecule has 180 valence electrons. The summed E-state index contributed by atoms with van der Waals surface area (Å²) in [6.07, 6.45) is 3.38.